The number of nitrogens with one attached hydrogen (secondary N) is 1. The largest absolute Gasteiger partial charge is 0.384 e. The molecule has 0 bridgehead atoms. The predicted molar refractivity (Wildman–Crippen MR) is 82.6 cm³/mol. The SMILES string of the molecule is CCNc1ccccc1S(=O)(=O)N1CCS(=O)(=O)CC1C. The fourth-order valence-corrected chi connectivity index (χ4v) is 6.06. The van der Waals surface area contributed by atoms with Crippen molar-refractivity contribution >= 4 is 25.5 Å². The molecule has 0 radical (unpaired) electrons. The Labute approximate surface area is 126 Å². The number of para-hydroxylation sites is 1. The first-order valence-corrected chi connectivity index (χ1v) is 10.1. The van der Waals surface area contributed by atoms with E-state index in [0.29, 0.717) is 12.2 Å². The maximum absolute atomic E-state index is 12.8. The van der Waals surface area contributed by atoms with E-state index in [1.54, 1.807) is 31.2 Å². The molecule has 0 aliphatic carbocycles. The molecule has 1 aliphatic heterocycles. The van der Waals surface area contributed by atoms with Crippen LogP contribution in [0.3, 0.4) is 0 Å². The molecule has 21 heavy (non-hydrogen) atoms. The Balaban J connectivity index is 2.39. The fourth-order valence-electron chi connectivity index (χ4n) is 2.49. The summed E-state index contributed by atoms with van der Waals surface area (Å²) in [5.41, 5.74) is 0.542. The second-order valence-corrected chi connectivity index (χ2v) is 9.19. The van der Waals surface area contributed by atoms with Crippen LogP contribution in [-0.4, -0.2) is 51.8 Å². The van der Waals surface area contributed by atoms with Gasteiger partial charge in [-0.2, -0.15) is 4.31 Å². The van der Waals surface area contributed by atoms with Gasteiger partial charge < -0.3 is 5.32 Å². The summed E-state index contributed by atoms with van der Waals surface area (Å²) in [5, 5.41) is 3.03. The average Bonchev–Trinajstić information content (AvgIpc) is 2.38. The molecule has 0 spiro atoms. The summed E-state index contributed by atoms with van der Waals surface area (Å²) in [4.78, 5) is 0.193. The number of sulfone groups is 1. The van der Waals surface area contributed by atoms with Crippen LogP contribution in [0.5, 0.6) is 0 Å². The molecular formula is C13H20N2O4S2. The van der Waals surface area contributed by atoms with E-state index in [0.717, 1.165) is 0 Å². The zero-order valence-corrected chi connectivity index (χ0v) is 13.7. The van der Waals surface area contributed by atoms with Gasteiger partial charge in [0.05, 0.1) is 17.2 Å². The van der Waals surface area contributed by atoms with E-state index in [2.05, 4.69) is 5.32 Å². The molecule has 1 fully saturated rings. The van der Waals surface area contributed by atoms with Crippen LogP contribution in [0, 0.1) is 0 Å². The van der Waals surface area contributed by atoms with Gasteiger partial charge in [0.2, 0.25) is 10.0 Å². The van der Waals surface area contributed by atoms with Crippen molar-refractivity contribution < 1.29 is 16.8 Å². The summed E-state index contributed by atoms with van der Waals surface area (Å²) < 4.78 is 50.1. The Morgan fingerprint density at radius 1 is 1.33 bits per heavy atom. The number of hydrogen-bond acceptors (Lipinski definition) is 5. The fraction of sp³-hybridized carbons (Fsp3) is 0.538. The average molecular weight is 332 g/mol. The van der Waals surface area contributed by atoms with Crippen LogP contribution in [0.4, 0.5) is 5.69 Å². The molecule has 6 nitrogen and oxygen atoms in total. The Kier molecular flexibility index (Phi) is 4.60. The molecule has 118 valence electrons. The van der Waals surface area contributed by atoms with Gasteiger partial charge in [-0.05, 0) is 26.0 Å². The van der Waals surface area contributed by atoms with Crippen molar-refractivity contribution in [2.24, 2.45) is 0 Å². The predicted octanol–water partition coefficient (Wildman–Crippen LogP) is 0.926. The second kappa shape index (κ2) is 5.94. The van der Waals surface area contributed by atoms with Crippen molar-refractivity contribution in [3.63, 3.8) is 0 Å². The first kappa shape index (κ1) is 16.3. The van der Waals surface area contributed by atoms with Crippen molar-refractivity contribution in [2.45, 2.75) is 24.8 Å². The lowest BCUT2D eigenvalue weighted by molar-refractivity contribution is 0.357. The first-order valence-electron chi connectivity index (χ1n) is 6.83. The minimum absolute atomic E-state index is 0.00624. The zero-order chi connectivity index (χ0) is 15.7. The van der Waals surface area contributed by atoms with Crippen LogP contribution < -0.4 is 5.32 Å². The standard InChI is InChI=1S/C13H20N2O4S2/c1-3-14-12-6-4-5-7-13(12)21(18,19)15-8-9-20(16,17)10-11(15)2/h4-7,11,14H,3,8-10H2,1-2H3. The minimum atomic E-state index is -3.71. The van der Waals surface area contributed by atoms with Gasteiger partial charge in [-0.25, -0.2) is 16.8 Å². The van der Waals surface area contributed by atoms with Crippen molar-refractivity contribution in [2.75, 3.05) is 29.9 Å². The molecule has 1 N–H and O–H groups in total. The maximum atomic E-state index is 12.8. The molecule has 1 saturated heterocycles. The van der Waals surface area contributed by atoms with Crippen LogP contribution >= 0.6 is 0 Å². The Bertz CT molecular complexity index is 713. The zero-order valence-electron chi connectivity index (χ0n) is 12.1. The highest BCUT2D eigenvalue weighted by Crippen LogP contribution is 2.27. The van der Waals surface area contributed by atoms with Crippen LogP contribution in [0.1, 0.15) is 13.8 Å². The molecule has 2 rings (SSSR count). The van der Waals surface area contributed by atoms with Gasteiger partial charge in [0.25, 0.3) is 0 Å². The van der Waals surface area contributed by atoms with E-state index >= 15 is 0 Å². The van der Waals surface area contributed by atoms with Crippen molar-refractivity contribution in [1.29, 1.82) is 0 Å². The third-order valence-electron chi connectivity index (χ3n) is 3.45. The number of benzene rings is 1. The van der Waals surface area contributed by atoms with Crippen LogP contribution in [0.2, 0.25) is 0 Å². The highest BCUT2D eigenvalue weighted by atomic mass is 32.2. The van der Waals surface area contributed by atoms with E-state index in [1.807, 2.05) is 6.92 Å². The minimum Gasteiger partial charge on any atom is -0.384 e. The number of hydrogen-bond donors (Lipinski definition) is 1. The quantitative estimate of drug-likeness (QED) is 0.887. The number of nitrogens with zero attached hydrogens (tertiary/aromatic N) is 1. The highest BCUT2D eigenvalue weighted by molar-refractivity contribution is 7.92. The monoisotopic (exact) mass is 332 g/mol. The van der Waals surface area contributed by atoms with Gasteiger partial charge in [0.1, 0.15) is 4.90 Å². The van der Waals surface area contributed by atoms with Crippen molar-refractivity contribution in [3.8, 4) is 0 Å². The molecule has 0 saturated carbocycles. The van der Waals surface area contributed by atoms with E-state index in [-0.39, 0.29) is 22.9 Å². The van der Waals surface area contributed by atoms with Crippen LogP contribution in [0.25, 0.3) is 0 Å². The van der Waals surface area contributed by atoms with Gasteiger partial charge >= 0.3 is 0 Å². The van der Waals surface area contributed by atoms with E-state index in [4.69, 9.17) is 0 Å². The summed E-state index contributed by atoms with van der Waals surface area (Å²) in [6.07, 6.45) is 0. The number of anilines is 1. The number of rotatable bonds is 4. The molecule has 1 aromatic carbocycles. The lowest BCUT2D eigenvalue weighted by Gasteiger charge is -2.32. The number of sulfonamides is 1. The molecule has 1 unspecified atom stereocenters. The van der Waals surface area contributed by atoms with E-state index in [1.165, 1.54) is 4.31 Å². The Morgan fingerprint density at radius 3 is 2.62 bits per heavy atom. The molecule has 0 aromatic heterocycles. The summed E-state index contributed by atoms with van der Waals surface area (Å²) >= 11 is 0. The second-order valence-electron chi connectivity index (χ2n) is 5.11. The van der Waals surface area contributed by atoms with Crippen LogP contribution in [0.15, 0.2) is 29.2 Å². The molecule has 0 amide bonds. The summed E-state index contributed by atoms with van der Waals surface area (Å²) in [5.74, 6) is -0.254. The third kappa shape index (κ3) is 3.38. The van der Waals surface area contributed by atoms with Gasteiger partial charge in [-0.1, -0.05) is 12.1 Å². The molecule has 1 aromatic rings. The van der Waals surface area contributed by atoms with Gasteiger partial charge in [-0.3, -0.25) is 0 Å². The summed E-state index contributed by atoms with van der Waals surface area (Å²) in [7, 11) is -6.86. The summed E-state index contributed by atoms with van der Waals surface area (Å²) in [6, 6.07) is 6.13. The molecule has 1 aliphatic rings. The van der Waals surface area contributed by atoms with Gasteiger partial charge in [-0.15, -0.1) is 0 Å². The molecule has 1 heterocycles. The first-order chi connectivity index (χ1) is 9.78. The lowest BCUT2D eigenvalue weighted by Crippen LogP contribution is -2.49. The molecular weight excluding hydrogens is 312 g/mol. The topological polar surface area (TPSA) is 83.6 Å². The third-order valence-corrected chi connectivity index (χ3v) is 7.32. The van der Waals surface area contributed by atoms with Gasteiger partial charge in [0, 0.05) is 19.1 Å². The smallest absolute Gasteiger partial charge is 0.245 e. The van der Waals surface area contributed by atoms with Crippen LogP contribution in [-0.2, 0) is 19.9 Å². The van der Waals surface area contributed by atoms with Gasteiger partial charge in [0.15, 0.2) is 9.84 Å². The Hall–Kier alpha value is -1.12. The normalized spacial score (nSPS) is 22.9. The molecule has 8 heteroatoms. The summed E-state index contributed by atoms with van der Waals surface area (Å²) in [6.45, 7) is 4.13. The highest BCUT2D eigenvalue weighted by Gasteiger charge is 2.37. The van der Waals surface area contributed by atoms with E-state index in [9.17, 15) is 16.8 Å². The molecule has 1 atom stereocenters. The van der Waals surface area contributed by atoms with E-state index < -0.39 is 25.9 Å². The van der Waals surface area contributed by atoms with Crippen molar-refractivity contribution in [1.82, 2.24) is 4.31 Å². The Morgan fingerprint density at radius 2 is 2.00 bits per heavy atom. The lowest BCUT2D eigenvalue weighted by atomic mass is 10.3. The maximum Gasteiger partial charge on any atom is 0.245 e. The van der Waals surface area contributed by atoms with Crippen molar-refractivity contribution in [3.05, 3.63) is 24.3 Å².